The fourth-order valence-electron chi connectivity index (χ4n) is 4.41. The first-order valence-corrected chi connectivity index (χ1v) is 9.75. The Balaban J connectivity index is 1.24. The lowest BCUT2D eigenvalue weighted by atomic mass is 9.97. The molecule has 1 aromatic carbocycles. The standard InChI is InChI=1S/C21H21N5O4/c22-17-15(8-23-12-25-17)19(28)24-10-21-5-4-20(9-21,11-30-21)26-18(27)14-1-2-16-13(7-14)3-6-29-16/h1-3,6-8,12H,4-5,9-11H2,(H,24,28)(H,26,27)(H2,22,23,25). The zero-order valence-corrected chi connectivity index (χ0v) is 16.2. The molecule has 2 aromatic heterocycles. The second kappa shape index (κ2) is 6.81. The van der Waals surface area contributed by atoms with E-state index in [9.17, 15) is 9.59 Å². The van der Waals surface area contributed by atoms with E-state index in [-0.39, 0.29) is 23.2 Å². The smallest absolute Gasteiger partial charge is 0.256 e. The second-order valence-corrected chi connectivity index (χ2v) is 8.06. The van der Waals surface area contributed by atoms with Gasteiger partial charge in [-0.2, -0.15) is 0 Å². The summed E-state index contributed by atoms with van der Waals surface area (Å²) in [4.78, 5) is 32.9. The van der Waals surface area contributed by atoms with E-state index in [1.807, 2.05) is 12.1 Å². The molecule has 2 unspecified atom stereocenters. The zero-order valence-electron chi connectivity index (χ0n) is 16.2. The van der Waals surface area contributed by atoms with Crippen molar-refractivity contribution in [2.75, 3.05) is 18.9 Å². The van der Waals surface area contributed by atoms with Crippen LogP contribution in [-0.2, 0) is 4.74 Å². The lowest BCUT2D eigenvalue weighted by Gasteiger charge is -2.29. The van der Waals surface area contributed by atoms with E-state index < -0.39 is 11.1 Å². The molecule has 2 fully saturated rings. The van der Waals surface area contributed by atoms with Gasteiger partial charge in [-0.3, -0.25) is 9.59 Å². The Labute approximate surface area is 172 Å². The van der Waals surface area contributed by atoms with Gasteiger partial charge in [-0.25, -0.2) is 9.97 Å². The number of hydrogen-bond donors (Lipinski definition) is 3. The maximum absolute atomic E-state index is 12.8. The third kappa shape index (κ3) is 3.17. The van der Waals surface area contributed by atoms with Gasteiger partial charge in [-0.05, 0) is 37.1 Å². The Morgan fingerprint density at radius 2 is 2.10 bits per heavy atom. The SMILES string of the molecule is Nc1ncncc1C(=O)NCC12CCC(NC(=O)c3ccc4occc4c3)(CO1)C2. The summed E-state index contributed by atoms with van der Waals surface area (Å²) < 4.78 is 11.4. The molecular weight excluding hydrogens is 386 g/mol. The number of hydrogen-bond acceptors (Lipinski definition) is 7. The summed E-state index contributed by atoms with van der Waals surface area (Å²) in [5, 5.41) is 6.92. The van der Waals surface area contributed by atoms with Gasteiger partial charge < -0.3 is 25.5 Å². The second-order valence-electron chi connectivity index (χ2n) is 8.06. The molecule has 154 valence electrons. The number of anilines is 1. The van der Waals surface area contributed by atoms with Crippen LogP contribution in [0.1, 0.15) is 40.0 Å². The van der Waals surface area contributed by atoms with Crippen molar-refractivity contribution < 1.29 is 18.7 Å². The number of ether oxygens (including phenoxy) is 1. The Kier molecular flexibility index (Phi) is 4.21. The average Bonchev–Trinajstić information content (AvgIpc) is 3.45. The summed E-state index contributed by atoms with van der Waals surface area (Å²) in [6, 6.07) is 7.19. The van der Waals surface area contributed by atoms with Crippen molar-refractivity contribution in [1.82, 2.24) is 20.6 Å². The maximum atomic E-state index is 12.8. The van der Waals surface area contributed by atoms with Gasteiger partial charge in [0.2, 0.25) is 0 Å². The number of amides is 2. The first kappa shape index (κ1) is 18.6. The Morgan fingerprint density at radius 3 is 2.90 bits per heavy atom. The number of rotatable bonds is 5. The first-order valence-electron chi connectivity index (χ1n) is 9.75. The molecular formula is C21H21N5O4. The normalized spacial score (nSPS) is 24.8. The molecule has 2 aliphatic rings. The molecule has 1 aliphatic heterocycles. The van der Waals surface area contributed by atoms with Gasteiger partial charge in [-0.1, -0.05) is 0 Å². The number of nitrogens with zero attached hydrogens (tertiary/aromatic N) is 2. The lowest BCUT2D eigenvalue weighted by Crippen LogP contribution is -2.48. The van der Waals surface area contributed by atoms with Crippen LogP contribution in [0.15, 0.2) is 47.5 Å². The highest BCUT2D eigenvalue weighted by Gasteiger charge is 2.56. The predicted molar refractivity (Wildman–Crippen MR) is 108 cm³/mol. The maximum Gasteiger partial charge on any atom is 0.256 e. The molecule has 9 nitrogen and oxygen atoms in total. The van der Waals surface area contributed by atoms with E-state index in [2.05, 4.69) is 20.6 Å². The quantitative estimate of drug-likeness (QED) is 0.586. The molecule has 0 radical (unpaired) electrons. The van der Waals surface area contributed by atoms with Crippen molar-refractivity contribution in [2.24, 2.45) is 0 Å². The van der Waals surface area contributed by atoms with Gasteiger partial charge >= 0.3 is 0 Å². The van der Waals surface area contributed by atoms with Gasteiger partial charge in [0.25, 0.3) is 11.8 Å². The van der Waals surface area contributed by atoms with E-state index in [4.69, 9.17) is 14.9 Å². The number of nitrogen functional groups attached to an aromatic ring is 1. The molecule has 5 rings (SSSR count). The van der Waals surface area contributed by atoms with Gasteiger partial charge in [0, 0.05) is 30.1 Å². The number of benzene rings is 1. The lowest BCUT2D eigenvalue weighted by molar-refractivity contribution is -0.0199. The number of fused-ring (bicyclic) bond motifs is 3. The molecule has 3 heterocycles. The summed E-state index contributed by atoms with van der Waals surface area (Å²) >= 11 is 0. The topological polar surface area (TPSA) is 132 Å². The molecule has 2 amide bonds. The van der Waals surface area contributed by atoms with Crippen molar-refractivity contribution in [3.8, 4) is 0 Å². The molecule has 4 N–H and O–H groups in total. The molecule has 0 spiro atoms. The van der Waals surface area contributed by atoms with Crippen LogP contribution in [0.3, 0.4) is 0 Å². The molecule has 1 saturated carbocycles. The molecule has 9 heteroatoms. The highest BCUT2D eigenvalue weighted by molar-refractivity contribution is 5.98. The van der Waals surface area contributed by atoms with E-state index >= 15 is 0 Å². The molecule has 1 saturated heterocycles. The van der Waals surface area contributed by atoms with Crippen molar-refractivity contribution in [3.05, 3.63) is 54.2 Å². The highest BCUT2D eigenvalue weighted by atomic mass is 16.5. The van der Waals surface area contributed by atoms with E-state index in [0.29, 0.717) is 25.1 Å². The van der Waals surface area contributed by atoms with Gasteiger partial charge in [-0.15, -0.1) is 0 Å². The summed E-state index contributed by atoms with van der Waals surface area (Å²) in [7, 11) is 0. The van der Waals surface area contributed by atoms with Gasteiger partial charge in [0.05, 0.1) is 29.6 Å². The number of furan rings is 1. The minimum Gasteiger partial charge on any atom is -0.464 e. The molecule has 30 heavy (non-hydrogen) atoms. The monoisotopic (exact) mass is 407 g/mol. The van der Waals surface area contributed by atoms with Crippen LogP contribution in [0, 0.1) is 0 Å². The minimum atomic E-state index is -0.498. The Morgan fingerprint density at radius 1 is 1.20 bits per heavy atom. The summed E-state index contributed by atoms with van der Waals surface area (Å²) in [6.45, 7) is 0.748. The van der Waals surface area contributed by atoms with Crippen LogP contribution < -0.4 is 16.4 Å². The number of nitrogens with two attached hydrogens (primary N) is 1. The van der Waals surface area contributed by atoms with Gasteiger partial charge in [0.1, 0.15) is 17.7 Å². The van der Waals surface area contributed by atoms with Crippen molar-refractivity contribution in [2.45, 2.75) is 30.4 Å². The summed E-state index contributed by atoms with van der Waals surface area (Å²) in [5.74, 6) is -0.347. The Bertz CT molecular complexity index is 1130. The van der Waals surface area contributed by atoms with Crippen LogP contribution in [0.2, 0.25) is 0 Å². The number of carbonyl (C=O) groups excluding carboxylic acids is 2. The minimum absolute atomic E-state index is 0.134. The average molecular weight is 407 g/mol. The van der Waals surface area contributed by atoms with E-state index in [1.54, 1.807) is 18.4 Å². The number of aromatic nitrogens is 2. The molecule has 2 atom stereocenters. The number of carbonyl (C=O) groups is 2. The van der Waals surface area contributed by atoms with E-state index in [0.717, 1.165) is 23.8 Å². The Hall–Kier alpha value is -3.46. The van der Waals surface area contributed by atoms with Crippen LogP contribution in [-0.4, -0.2) is 46.1 Å². The largest absolute Gasteiger partial charge is 0.464 e. The first-order chi connectivity index (χ1) is 14.5. The molecule has 3 aromatic rings. The van der Waals surface area contributed by atoms with Gasteiger partial charge in [0.15, 0.2) is 0 Å². The third-order valence-electron chi connectivity index (χ3n) is 6.03. The van der Waals surface area contributed by atoms with Crippen LogP contribution >= 0.6 is 0 Å². The summed E-state index contributed by atoms with van der Waals surface area (Å²) in [6.07, 6.45) is 6.46. The van der Waals surface area contributed by atoms with Crippen LogP contribution in [0.4, 0.5) is 5.82 Å². The predicted octanol–water partition coefficient (Wildman–Crippen LogP) is 1.66. The highest BCUT2D eigenvalue weighted by Crippen LogP contribution is 2.47. The van der Waals surface area contributed by atoms with Crippen molar-refractivity contribution in [1.29, 1.82) is 0 Å². The third-order valence-corrected chi connectivity index (χ3v) is 6.03. The van der Waals surface area contributed by atoms with E-state index in [1.165, 1.54) is 12.5 Å². The fourth-order valence-corrected chi connectivity index (χ4v) is 4.41. The molecule has 1 aliphatic carbocycles. The molecule has 2 bridgehead atoms. The number of nitrogens with one attached hydrogen (secondary N) is 2. The summed E-state index contributed by atoms with van der Waals surface area (Å²) in [5.41, 5.74) is 6.37. The van der Waals surface area contributed by atoms with Crippen LogP contribution in [0.25, 0.3) is 11.0 Å². The van der Waals surface area contributed by atoms with Crippen LogP contribution in [0.5, 0.6) is 0 Å². The fraction of sp³-hybridized carbons (Fsp3) is 0.333. The zero-order chi connectivity index (χ0) is 20.8. The van der Waals surface area contributed by atoms with Crippen molar-refractivity contribution >= 4 is 28.6 Å². The van der Waals surface area contributed by atoms with Crippen molar-refractivity contribution in [3.63, 3.8) is 0 Å².